The Kier molecular flexibility index (Phi) is 5.80. The van der Waals surface area contributed by atoms with Gasteiger partial charge >= 0.3 is 0 Å². The fourth-order valence-electron chi connectivity index (χ4n) is 3.10. The lowest BCUT2D eigenvalue weighted by molar-refractivity contribution is -0.124. The van der Waals surface area contributed by atoms with Gasteiger partial charge in [0.05, 0.1) is 18.1 Å². The number of carbonyl (C=O) groups excluding carboxylic acids is 1. The van der Waals surface area contributed by atoms with Crippen LogP contribution in [0, 0.1) is 5.92 Å². The molecule has 0 aromatic heterocycles. The van der Waals surface area contributed by atoms with Crippen LogP contribution in [0.5, 0.6) is 11.5 Å². The van der Waals surface area contributed by atoms with Crippen molar-refractivity contribution >= 4 is 15.9 Å². The molecular formula is C17H24N2O5S. The zero-order valence-electron chi connectivity index (χ0n) is 14.1. The molecule has 0 unspecified atom stereocenters. The molecule has 2 aliphatic rings. The van der Waals surface area contributed by atoms with E-state index in [1.165, 1.54) is 12.1 Å². The molecule has 1 heterocycles. The van der Waals surface area contributed by atoms with E-state index >= 15 is 0 Å². The second kappa shape index (κ2) is 8.05. The highest BCUT2D eigenvalue weighted by Gasteiger charge is 2.22. The molecule has 1 aromatic carbocycles. The number of hydrogen-bond acceptors (Lipinski definition) is 5. The van der Waals surface area contributed by atoms with Crippen molar-refractivity contribution in [2.45, 2.75) is 37.0 Å². The lowest BCUT2D eigenvalue weighted by atomic mass is 10.1. The number of sulfonamides is 1. The second-order valence-electron chi connectivity index (χ2n) is 6.33. The molecule has 1 aromatic rings. The Hall–Kier alpha value is -1.80. The van der Waals surface area contributed by atoms with E-state index in [9.17, 15) is 13.2 Å². The van der Waals surface area contributed by atoms with Crippen LogP contribution in [0.4, 0.5) is 0 Å². The van der Waals surface area contributed by atoms with Crippen LogP contribution < -0.4 is 19.5 Å². The summed E-state index contributed by atoms with van der Waals surface area (Å²) < 4.78 is 38.3. The molecule has 7 nitrogen and oxygen atoms in total. The van der Waals surface area contributed by atoms with Gasteiger partial charge in [-0.3, -0.25) is 4.79 Å². The first-order valence-electron chi connectivity index (χ1n) is 8.73. The summed E-state index contributed by atoms with van der Waals surface area (Å²) in [7, 11) is -3.66. The van der Waals surface area contributed by atoms with E-state index in [1.54, 1.807) is 6.07 Å². The number of rotatable bonds is 6. The largest absolute Gasteiger partial charge is 0.490 e. The topological polar surface area (TPSA) is 93.7 Å². The Morgan fingerprint density at radius 3 is 2.52 bits per heavy atom. The van der Waals surface area contributed by atoms with E-state index in [2.05, 4.69) is 10.0 Å². The average Bonchev–Trinajstić information content (AvgIpc) is 3.04. The third-order valence-corrected chi connectivity index (χ3v) is 5.93. The highest BCUT2D eigenvalue weighted by Crippen LogP contribution is 2.31. The van der Waals surface area contributed by atoms with E-state index in [1.807, 2.05) is 0 Å². The lowest BCUT2D eigenvalue weighted by Gasteiger charge is -2.12. The maximum atomic E-state index is 12.4. The molecule has 138 valence electrons. The number of ether oxygens (including phenoxy) is 2. The highest BCUT2D eigenvalue weighted by molar-refractivity contribution is 7.89. The molecule has 1 fully saturated rings. The summed E-state index contributed by atoms with van der Waals surface area (Å²) in [5.74, 6) is 1.10. The summed E-state index contributed by atoms with van der Waals surface area (Å²) in [5, 5.41) is 2.80. The van der Waals surface area contributed by atoms with Crippen LogP contribution in [0.2, 0.25) is 0 Å². The molecule has 2 N–H and O–H groups in total. The van der Waals surface area contributed by atoms with E-state index in [-0.39, 0.29) is 29.8 Å². The minimum Gasteiger partial charge on any atom is -0.490 e. The Bertz CT molecular complexity index is 714. The standard InChI is InChI=1S/C17H24N2O5S/c20-17(13-4-1-2-5-13)18-8-9-19-25(21,22)14-6-7-15-16(12-14)24-11-3-10-23-15/h6-7,12-13,19H,1-5,8-11H2,(H,18,20). The monoisotopic (exact) mass is 368 g/mol. The number of carbonyl (C=O) groups is 1. The molecule has 0 atom stereocenters. The maximum Gasteiger partial charge on any atom is 0.240 e. The fraction of sp³-hybridized carbons (Fsp3) is 0.588. The summed E-state index contributed by atoms with van der Waals surface area (Å²) in [6.07, 6.45) is 4.79. The number of amides is 1. The number of hydrogen-bond donors (Lipinski definition) is 2. The molecule has 3 rings (SSSR count). The third kappa shape index (κ3) is 4.64. The van der Waals surface area contributed by atoms with Gasteiger partial charge in [0.15, 0.2) is 11.5 Å². The van der Waals surface area contributed by atoms with Gasteiger partial charge in [0.25, 0.3) is 0 Å². The molecule has 1 aliphatic heterocycles. The molecule has 25 heavy (non-hydrogen) atoms. The predicted octanol–water partition coefficient (Wildman–Crippen LogP) is 1.43. The first-order valence-corrected chi connectivity index (χ1v) is 10.2. The van der Waals surface area contributed by atoms with Crippen LogP contribution in [-0.4, -0.2) is 40.6 Å². The first-order chi connectivity index (χ1) is 12.1. The van der Waals surface area contributed by atoms with Crippen molar-refractivity contribution in [3.8, 4) is 11.5 Å². The van der Waals surface area contributed by atoms with Crippen LogP contribution in [0.1, 0.15) is 32.1 Å². The molecule has 0 radical (unpaired) electrons. The van der Waals surface area contributed by atoms with Gasteiger partial charge in [-0.1, -0.05) is 12.8 Å². The number of fused-ring (bicyclic) bond motifs is 1. The smallest absolute Gasteiger partial charge is 0.240 e. The molecule has 1 saturated carbocycles. The van der Waals surface area contributed by atoms with E-state index < -0.39 is 10.0 Å². The minimum atomic E-state index is -3.66. The molecule has 0 spiro atoms. The average molecular weight is 368 g/mol. The molecule has 0 saturated heterocycles. The molecule has 0 bridgehead atoms. The number of nitrogens with one attached hydrogen (secondary N) is 2. The SMILES string of the molecule is O=C(NCCNS(=O)(=O)c1ccc2c(c1)OCCCO2)C1CCCC1. The Morgan fingerprint density at radius 2 is 1.76 bits per heavy atom. The van der Waals surface area contributed by atoms with E-state index in [4.69, 9.17) is 9.47 Å². The summed E-state index contributed by atoms with van der Waals surface area (Å²) >= 11 is 0. The normalized spacial score (nSPS) is 17.9. The van der Waals surface area contributed by atoms with Crippen molar-refractivity contribution < 1.29 is 22.7 Å². The van der Waals surface area contributed by atoms with E-state index in [0.717, 1.165) is 32.1 Å². The second-order valence-corrected chi connectivity index (χ2v) is 8.10. The highest BCUT2D eigenvalue weighted by atomic mass is 32.2. The number of benzene rings is 1. The van der Waals surface area contributed by atoms with Crippen LogP contribution in [0.25, 0.3) is 0 Å². The Labute approximate surface area is 148 Å². The van der Waals surface area contributed by atoms with Gasteiger partial charge in [0, 0.05) is 31.5 Å². The van der Waals surface area contributed by atoms with Gasteiger partial charge in [0.2, 0.25) is 15.9 Å². The van der Waals surface area contributed by atoms with Crippen molar-refractivity contribution in [1.82, 2.24) is 10.0 Å². The molecule has 1 amide bonds. The summed E-state index contributed by atoms with van der Waals surface area (Å²) in [4.78, 5) is 12.0. The quantitative estimate of drug-likeness (QED) is 0.741. The van der Waals surface area contributed by atoms with Gasteiger partial charge in [0.1, 0.15) is 0 Å². The van der Waals surface area contributed by atoms with Crippen molar-refractivity contribution in [2.24, 2.45) is 5.92 Å². The van der Waals surface area contributed by atoms with E-state index in [0.29, 0.717) is 24.7 Å². The third-order valence-electron chi connectivity index (χ3n) is 4.47. The predicted molar refractivity (Wildman–Crippen MR) is 92.2 cm³/mol. The lowest BCUT2D eigenvalue weighted by Crippen LogP contribution is -2.37. The first kappa shape index (κ1) is 18.0. The van der Waals surface area contributed by atoms with Crippen LogP contribution >= 0.6 is 0 Å². The van der Waals surface area contributed by atoms with Crippen LogP contribution in [-0.2, 0) is 14.8 Å². The van der Waals surface area contributed by atoms with Crippen molar-refractivity contribution in [1.29, 1.82) is 0 Å². The minimum absolute atomic E-state index is 0.0206. The Morgan fingerprint density at radius 1 is 1.04 bits per heavy atom. The molecular weight excluding hydrogens is 344 g/mol. The summed E-state index contributed by atoms with van der Waals surface area (Å²) in [6.45, 7) is 1.48. The summed E-state index contributed by atoms with van der Waals surface area (Å²) in [6, 6.07) is 4.57. The fourth-order valence-corrected chi connectivity index (χ4v) is 4.14. The molecule has 8 heteroatoms. The zero-order chi connectivity index (χ0) is 17.7. The van der Waals surface area contributed by atoms with Gasteiger partial charge in [-0.15, -0.1) is 0 Å². The Balaban J connectivity index is 1.53. The van der Waals surface area contributed by atoms with Gasteiger partial charge < -0.3 is 14.8 Å². The van der Waals surface area contributed by atoms with Gasteiger partial charge in [-0.05, 0) is 25.0 Å². The van der Waals surface area contributed by atoms with Gasteiger partial charge in [-0.25, -0.2) is 13.1 Å². The molecule has 1 aliphatic carbocycles. The van der Waals surface area contributed by atoms with Gasteiger partial charge in [-0.2, -0.15) is 0 Å². The van der Waals surface area contributed by atoms with Crippen molar-refractivity contribution in [3.05, 3.63) is 18.2 Å². The van der Waals surface area contributed by atoms with Crippen molar-refractivity contribution in [2.75, 3.05) is 26.3 Å². The van der Waals surface area contributed by atoms with Crippen LogP contribution in [0.3, 0.4) is 0 Å². The summed E-state index contributed by atoms with van der Waals surface area (Å²) in [5.41, 5.74) is 0. The maximum absolute atomic E-state index is 12.4. The van der Waals surface area contributed by atoms with Crippen molar-refractivity contribution in [3.63, 3.8) is 0 Å². The zero-order valence-corrected chi connectivity index (χ0v) is 14.9. The van der Waals surface area contributed by atoms with Crippen LogP contribution in [0.15, 0.2) is 23.1 Å².